The van der Waals surface area contributed by atoms with Crippen molar-refractivity contribution in [2.24, 2.45) is 0 Å². The molecule has 0 unspecified atom stereocenters. The molecule has 0 fully saturated rings. The minimum atomic E-state index is -0.282. The molecule has 0 heterocycles. The van der Waals surface area contributed by atoms with Crippen LogP contribution < -0.4 is 4.74 Å². The van der Waals surface area contributed by atoms with Gasteiger partial charge in [-0.15, -0.1) is 0 Å². The second-order valence-electron chi connectivity index (χ2n) is 5.19. The molecule has 2 aromatic rings. The van der Waals surface area contributed by atoms with Gasteiger partial charge in [-0.2, -0.15) is 0 Å². The van der Waals surface area contributed by atoms with Gasteiger partial charge >= 0.3 is 0 Å². The van der Waals surface area contributed by atoms with Crippen molar-refractivity contribution in [3.63, 3.8) is 0 Å². The number of carbonyl (C=O) groups excluding carboxylic acids is 1. The Morgan fingerprint density at radius 1 is 1.18 bits per heavy atom. The number of hydrogen-bond donors (Lipinski definition) is 0. The molecular weight excluding hydrogens is 281 g/mol. The van der Waals surface area contributed by atoms with Crippen LogP contribution in [0.3, 0.4) is 0 Å². The third-order valence-electron chi connectivity index (χ3n) is 3.55. The summed E-state index contributed by atoms with van der Waals surface area (Å²) < 4.78 is 18.8. The molecule has 116 valence electrons. The SMILES string of the molecule is COc1cccc(CCC(=O)N(C)Cc2ccccc2F)c1. The van der Waals surface area contributed by atoms with Crippen molar-refractivity contribution >= 4 is 5.91 Å². The fraction of sp³-hybridized carbons (Fsp3) is 0.278. The lowest BCUT2D eigenvalue weighted by molar-refractivity contribution is -0.130. The number of carbonyl (C=O) groups is 1. The van der Waals surface area contributed by atoms with E-state index in [1.54, 1.807) is 37.3 Å². The van der Waals surface area contributed by atoms with E-state index in [0.29, 0.717) is 18.4 Å². The predicted molar refractivity (Wildman–Crippen MR) is 84.2 cm³/mol. The largest absolute Gasteiger partial charge is 0.497 e. The Hall–Kier alpha value is -2.36. The van der Waals surface area contributed by atoms with Crippen molar-refractivity contribution in [1.82, 2.24) is 4.90 Å². The minimum Gasteiger partial charge on any atom is -0.497 e. The Bertz CT molecular complexity index is 642. The van der Waals surface area contributed by atoms with Crippen LogP contribution >= 0.6 is 0 Å². The first kappa shape index (κ1) is 16.0. The van der Waals surface area contributed by atoms with Crippen LogP contribution in [-0.2, 0) is 17.8 Å². The van der Waals surface area contributed by atoms with Crippen LogP contribution in [0, 0.1) is 5.82 Å². The third kappa shape index (κ3) is 4.32. The molecule has 0 saturated carbocycles. The third-order valence-corrected chi connectivity index (χ3v) is 3.55. The van der Waals surface area contributed by atoms with Gasteiger partial charge in [-0.1, -0.05) is 30.3 Å². The van der Waals surface area contributed by atoms with Crippen molar-refractivity contribution in [2.75, 3.05) is 14.2 Å². The number of aryl methyl sites for hydroxylation is 1. The number of nitrogens with zero attached hydrogens (tertiary/aromatic N) is 1. The maximum absolute atomic E-state index is 13.6. The maximum Gasteiger partial charge on any atom is 0.222 e. The molecule has 0 aromatic heterocycles. The normalized spacial score (nSPS) is 10.3. The topological polar surface area (TPSA) is 29.5 Å². The van der Waals surface area contributed by atoms with Crippen LogP contribution in [-0.4, -0.2) is 25.0 Å². The van der Waals surface area contributed by atoms with E-state index in [4.69, 9.17) is 4.74 Å². The van der Waals surface area contributed by atoms with Gasteiger partial charge in [0.05, 0.1) is 7.11 Å². The highest BCUT2D eigenvalue weighted by Crippen LogP contribution is 2.15. The molecule has 22 heavy (non-hydrogen) atoms. The fourth-order valence-electron chi connectivity index (χ4n) is 2.24. The van der Waals surface area contributed by atoms with E-state index in [1.165, 1.54) is 6.07 Å². The molecule has 0 atom stereocenters. The summed E-state index contributed by atoms with van der Waals surface area (Å²) >= 11 is 0. The first-order valence-corrected chi connectivity index (χ1v) is 7.20. The van der Waals surface area contributed by atoms with E-state index in [1.807, 2.05) is 24.3 Å². The highest BCUT2D eigenvalue weighted by Gasteiger charge is 2.11. The molecule has 0 aliphatic carbocycles. The van der Waals surface area contributed by atoms with Crippen molar-refractivity contribution in [3.8, 4) is 5.75 Å². The van der Waals surface area contributed by atoms with Crippen LogP contribution in [0.1, 0.15) is 17.5 Å². The molecule has 0 aliphatic heterocycles. The number of halogens is 1. The summed E-state index contributed by atoms with van der Waals surface area (Å²) in [5, 5.41) is 0. The van der Waals surface area contributed by atoms with Crippen LogP contribution in [0.5, 0.6) is 5.75 Å². The zero-order valence-electron chi connectivity index (χ0n) is 12.9. The van der Waals surface area contributed by atoms with E-state index in [0.717, 1.165) is 11.3 Å². The second kappa shape index (κ2) is 7.59. The number of benzene rings is 2. The van der Waals surface area contributed by atoms with Crippen molar-refractivity contribution in [3.05, 3.63) is 65.5 Å². The van der Waals surface area contributed by atoms with E-state index >= 15 is 0 Å². The summed E-state index contributed by atoms with van der Waals surface area (Å²) in [6.45, 7) is 0.281. The fourth-order valence-corrected chi connectivity index (χ4v) is 2.24. The van der Waals surface area contributed by atoms with Gasteiger partial charge < -0.3 is 9.64 Å². The monoisotopic (exact) mass is 301 g/mol. The Morgan fingerprint density at radius 2 is 1.95 bits per heavy atom. The van der Waals surface area contributed by atoms with E-state index < -0.39 is 0 Å². The summed E-state index contributed by atoms with van der Waals surface area (Å²) in [6, 6.07) is 14.2. The summed E-state index contributed by atoms with van der Waals surface area (Å²) in [4.78, 5) is 13.7. The summed E-state index contributed by atoms with van der Waals surface area (Å²) in [7, 11) is 3.31. The van der Waals surface area contributed by atoms with Crippen LogP contribution in [0.25, 0.3) is 0 Å². The summed E-state index contributed by atoms with van der Waals surface area (Å²) in [6.07, 6.45) is 1.02. The lowest BCUT2D eigenvalue weighted by atomic mass is 10.1. The number of hydrogen-bond acceptors (Lipinski definition) is 2. The average Bonchev–Trinajstić information content (AvgIpc) is 2.54. The maximum atomic E-state index is 13.6. The smallest absolute Gasteiger partial charge is 0.222 e. The van der Waals surface area contributed by atoms with Gasteiger partial charge in [0.2, 0.25) is 5.91 Å². The van der Waals surface area contributed by atoms with Crippen LogP contribution in [0.2, 0.25) is 0 Å². The lowest BCUT2D eigenvalue weighted by Gasteiger charge is -2.17. The molecule has 0 radical (unpaired) electrons. The molecule has 0 bridgehead atoms. The Morgan fingerprint density at radius 3 is 2.68 bits per heavy atom. The van der Waals surface area contributed by atoms with Gasteiger partial charge in [0.25, 0.3) is 0 Å². The molecule has 2 aromatic carbocycles. The quantitative estimate of drug-likeness (QED) is 0.818. The van der Waals surface area contributed by atoms with Gasteiger partial charge in [0.15, 0.2) is 0 Å². The molecule has 0 aliphatic rings. The first-order valence-electron chi connectivity index (χ1n) is 7.20. The highest BCUT2D eigenvalue weighted by atomic mass is 19.1. The second-order valence-corrected chi connectivity index (χ2v) is 5.19. The van der Waals surface area contributed by atoms with E-state index in [-0.39, 0.29) is 18.3 Å². The van der Waals surface area contributed by atoms with Crippen LogP contribution in [0.15, 0.2) is 48.5 Å². The Kier molecular flexibility index (Phi) is 5.53. The first-order chi connectivity index (χ1) is 10.6. The van der Waals surface area contributed by atoms with Gasteiger partial charge in [-0.05, 0) is 30.2 Å². The van der Waals surface area contributed by atoms with Crippen molar-refractivity contribution in [1.29, 1.82) is 0 Å². The molecule has 0 spiro atoms. The van der Waals surface area contributed by atoms with E-state index in [2.05, 4.69) is 0 Å². The van der Waals surface area contributed by atoms with Gasteiger partial charge in [0, 0.05) is 25.6 Å². The number of amides is 1. The van der Waals surface area contributed by atoms with Crippen LogP contribution in [0.4, 0.5) is 4.39 Å². The number of methoxy groups -OCH3 is 1. The number of rotatable bonds is 6. The molecule has 2 rings (SSSR count). The number of ether oxygens (including phenoxy) is 1. The Balaban J connectivity index is 1.90. The van der Waals surface area contributed by atoms with E-state index in [9.17, 15) is 9.18 Å². The molecule has 0 saturated heterocycles. The molecule has 3 nitrogen and oxygen atoms in total. The molecule has 4 heteroatoms. The lowest BCUT2D eigenvalue weighted by Crippen LogP contribution is -2.26. The predicted octanol–water partition coefficient (Wildman–Crippen LogP) is 3.43. The van der Waals surface area contributed by atoms with Gasteiger partial charge in [0.1, 0.15) is 11.6 Å². The Labute approximate surface area is 130 Å². The minimum absolute atomic E-state index is 0.00827. The average molecular weight is 301 g/mol. The summed E-state index contributed by atoms with van der Waals surface area (Å²) in [5.74, 6) is 0.491. The standard InChI is InChI=1S/C18H20FNO2/c1-20(13-15-7-3-4-9-17(15)19)18(21)11-10-14-6-5-8-16(12-14)22-2/h3-9,12H,10-11,13H2,1-2H3. The zero-order chi connectivity index (χ0) is 15.9. The van der Waals surface area contributed by atoms with Crippen molar-refractivity contribution < 1.29 is 13.9 Å². The molecule has 1 amide bonds. The zero-order valence-corrected chi connectivity index (χ0v) is 12.9. The van der Waals surface area contributed by atoms with Gasteiger partial charge in [-0.25, -0.2) is 4.39 Å². The molecule has 0 N–H and O–H groups in total. The highest BCUT2D eigenvalue weighted by molar-refractivity contribution is 5.76. The molecular formula is C18H20FNO2. The van der Waals surface area contributed by atoms with Crippen molar-refractivity contribution in [2.45, 2.75) is 19.4 Å². The van der Waals surface area contributed by atoms with Gasteiger partial charge in [-0.3, -0.25) is 4.79 Å². The summed E-state index contributed by atoms with van der Waals surface area (Å²) in [5.41, 5.74) is 1.58.